The van der Waals surface area contributed by atoms with Gasteiger partial charge in [0.25, 0.3) is 0 Å². The third-order valence-corrected chi connectivity index (χ3v) is 7.18. The van der Waals surface area contributed by atoms with Gasteiger partial charge >= 0.3 is 0 Å². The lowest BCUT2D eigenvalue weighted by Crippen LogP contribution is -2.21. The topological polar surface area (TPSA) is 24.1 Å². The predicted octanol–water partition coefficient (Wildman–Crippen LogP) is 10.5. The van der Waals surface area contributed by atoms with E-state index in [-0.39, 0.29) is 5.41 Å². The summed E-state index contributed by atoms with van der Waals surface area (Å²) in [7, 11) is 0. The number of alkyl halides is 1. The van der Waals surface area contributed by atoms with Crippen molar-refractivity contribution in [1.29, 1.82) is 0 Å². The number of hydrogen-bond donors (Lipinski definition) is 2. The number of nitrogens with one attached hydrogen (secondary N) is 2. The van der Waals surface area contributed by atoms with E-state index >= 15 is 0 Å². The Kier molecular flexibility index (Phi) is 11.8. The highest BCUT2D eigenvalue weighted by Crippen LogP contribution is 2.31. The Hall–Kier alpha value is -3.85. The first-order valence-corrected chi connectivity index (χ1v) is 15.4. The van der Waals surface area contributed by atoms with Crippen LogP contribution in [0.3, 0.4) is 0 Å². The highest BCUT2D eigenvalue weighted by molar-refractivity contribution is 5.74. The first kappa shape index (κ1) is 33.6. The number of rotatable bonds is 4. The van der Waals surface area contributed by atoms with E-state index in [1.165, 1.54) is 71.1 Å². The summed E-state index contributed by atoms with van der Waals surface area (Å²) in [5.74, 6) is 0.627. The van der Waals surface area contributed by atoms with Gasteiger partial charge in [-0.3, -0.25) is 0 Å². The summed E-state index contributed by atoms with van der Waals surface area (Å²) in [6, 6.07) is 27.8. The van der Waals surface area contributed by atoms with Crippen molar-refractivity contribution in [3.05, 3.63) is 131 Å². The Balaban J connectivity index is 0.000000211. The zero-order valence-corrected chi connectivity index (χ0v) is 27.7. The SMILES string of the molecule is CC(C)(C)C1=CCNC(c2cccc(-c3ccccc3)c2)=C1.CC(C)(C)F.Cc1ccccc1C1=CC=C(C(C)C)CN1. The molecule has 2 aliphatic rings. The number of dihydropyridines is 2. The van der Waals surface area contributed by atoms with Crippen molar-refractivity contribution in [3.63, 3.8) is 0 Å². The van der Waals surface area contributed by atoms with Gasteiger partial charge in [0.1, 0.15) is 5.67 Å². The monoisotopic (exact) mass is 578 g/mol. The van der Waals surface area contributed by atoms with Gasteiger partial charge < -0.3 is 10.6 Å². The van der Waals surface area contributed by atoms with Gasteiger partial charge in [-0.15, -0.1) is 0 Å². The lowest BCUT2D eigenvalue weighted by Gasteiger charge is -2.26. The molecule has 5 rings (SSSR count). The molecule has 2 N–H and O–H groups in total. The normalized spacial score (nSPS) is 14.8. The molecule has 0 atom stereocenters. The van der Waals surface area contributed by atoms with Gasteiger partial charge in [-0.25, -0.2) is 4.39 Å². The number of allylic oxidation sites excluding steroid dienone is 4. The first-order chi connectivity index (χ1) is 20.2. The molecule has 0 aromatic heterocycles. The van der Waals surface area contributed by atoms with Crippen LogP contribution in [0.1, 0.15) is 72.1 Å². The average Bonchev–Trinajstić information content (AvgIpc) is 2.97. The molecule has 2 heterocycles. The van der Waals surface area contributed by atoms with Gasteiger partial charge in [-0.1, -0.05) is 120 Å². The molecule has 0 amide bonds. The van der Waals surface area contributed by atoms with Gasteiger partial charge in [0, 0.05) is 30.0 Å². The van der Waals surface area contributed by atoms with Crippen LogP contribution in [0.2, 0.25) is 0 Å². The maximum absolute atomic E-state index is 11.7. The zero-order valence-electron chi connectivity index (χ0n) is 27.7. The summed E-state index contributed by atoms with van der Waals surface area (Å²) in [4.78, 5) is 0. The molecule has 0 saturated carbocycles. The molecule has 0 saturated heterocycles. The fraction of sp³-hybridized carbons (Fsp3) is 0.350. The van der Waals surface area contributed by atoms with Crippen molar-refractivity contribution in [2.75, 3.05) is 13.1 Å². The lowest BCUT2D eigenvalue weighted by atomic mass is 9.84. The average molecular weight is 579 g/mol. The summed E-state index contributed by atoms with van der Waals surface area (Å²) < 4.78 is 11.7. The third-order valence-electron chi connectivity index (χ3n) is 7.18. The number of aryl methyl sites for hydroxylation is 1. The van der Waals surface area contributed by atoms with Gasteiger partial charge in [0.15, 0.2) is 0 Å². The van der Waals surface area contributed by atoms with Crippen molar-refractivity contribution < 1.29 is 4.39 Å². The Bertz CT molecular complexity index is 1450. The number of benzene rings is 3. The molecule has 228 valence electrons. The molecule has 3 aromatic rings. The minimum absolute atomic E-state index is 0.185. The van der Waals surface area contributed by atoms with Crippen LogP contribution in [-0.4, -0.2) is 18.8 Å². The van der Waals surface area contributed by atoms with E-state index in [2.05, 4.69) is 155 Å². The van der Waals surface area contributed by atoms with Crippen molar-refractivity contribution in [3.8, 4) is 11.1 Å². The lowest BCUT2D eigenvalue weighted by molar-refractivity contribution is 0.246. The summed E-state index contributed by atoms with van der Waals surface area (Å²) in [6.07, 6.45) is 9.02. The molecule has 0 radical (unpaired) electrons. The number of halogens is 1. The Labute approximate surface area is 260 Å². The summed E-state index contributed by atoms with van der Waals surface area (Å²) in [5, 5.41) is 7.00. The molecule has 0 bridgehead atoms. The van der Waals surface area contributed by atoms with Crippen molar-refractivity contribution in [1.82, 2.24) is 10.6 Å². The maximum atomic E-state index is 11.7. The standard InChI is InChI=1S/C21H23N.C15H19N.C4H9F/c1-21(2,3)19-12-13-22-20(15-19)18-11-7-10-17(14-18)16-8-5-4-6-9-16;1-11(2)13-8-9-15(16-10-13)14-7-5-4-6-12(14)3;1-4(2,3)5/h4-12,14-15,22H,13H2,1-3H3;4-9,11,16H,10H2,1-3H3;1-3H3. The number of hydrogen-bond acceptors (Lipinski definition) is 2. The van der Waals surface area contributed by atoms with Gasteiger partial charge in [0.05, 0.1) is 0 Å². The van der Waals surface area contributed by atoms with Crippen molar-refractivity contribution in [2.24, 2.45) is 11.3 Å². The second kappa shape index (κ2) is 15.0. The van der Waals surface area contributed by atoms with Crippen LogP contribution in [0.25, 0.3) is 22.5 Å². The minimum atomic E-state index is -1.00. The summed E-state index contributed by atoms with van der Waals surface area (Å²) >= 11 is 0. The van der Waals surface area contributed by atoms with E-state index in [9.17, 15) is 4.39 Å². The van der Waals surface area contributed by atoms with Crippen LogP contribution >= 0.6 is 0 Å². The Morgan fingerprint density at radius 3 is 1.88 bits per heavy atom. The molecule has 0 unspecified atom stereocenters. The molecule has 43 heavy (non-hydrogen) atoms. The highest BCUT2D eigenvalue weighted by atomic mass is 19.1. The van der Waals surface area contributed by atoms with E-state index in [4.69, 9.17) is 0 Å². The minimum Gasteiger partial charge on any atom is -0.381 e. The molecular formula is C40H51FN2. The van der Waals surface area contributed by atoms with Crippen LogP contribution in [0.4, 0.5) is 4.39 Å². The molecule has 3 aromatic carbocycles. The molecule has 2 nitrogen and oxygen atoms in total. The second-order valence-electron chi connectivity index (χ2n) is 13.5. The fourth-order valence-corrected chi connectivity index (χ4v) is 4.70. The molecule has 0 aliphatic carbocycles. The molecule has 0 fully saturated rings. The maximum Gasteiger partial charge on any atom is 0.102 e. The Morgan fingerprint density at radius 2 is 1.30 bits per heavy atom. The highest BCUT2D eigenvalue weighted by Gasteiger charge is 2.18. The molecule has 0 spiro atoms. The van der Waals surface area contributed by atoms with Gasteiger partial charge in [-0.05, 0) is 90.6 Å². The van der Waals surface area contributed by atoms with Crippen LogP contribution in [0.5, 0.6) is 0 Å². The molecular weight excluding hydrogens is 527 g/mol. The van der Waals surface area contributed by atoms with Gasteiger partial charge in [0.2, 0.25) is 0 Å². The summed E-state index contributed by atoms with van der Waals surface area (Å²) in [6.45, 7) is 19.8. The fourth-order valence-electron chi connectivity index (χ4n) is 4.70. The first-order valence-electron chi connectivity index (χ1n) is 15.4. The molecule has 3 heteroatoms. The second-order valence-corrected chi connectivity index (χ2v) is 13.5. The third kappa shape index (κ3) is 11.1. The Morgan fingerprint density at radius 1 is 0.698 bits per heavy atom. The predicted molar refractivity (Wildman–Crippen MR) is 186 cm³/mol. The van der Waals surface area contributed by atoms with E-state index in [1.807, 2.05) is 0 Å². The van der Waals surface area contributed by atoms with Crippen LogP contribution < -0.4 is 10.6 Å². The van der Waals surface area contributed by atoms with E-state index in [0.717, 1.165) is 13.1 Å². The van der Waals surface area contributed by atoms with E-state index in [1.54, 1.807) is 0 Å². The van der Waals surface area contributed by atoms with Crippen LogP contribution in [0.15, 0.2) is 114 Å². The van der Waals surface area contributed by atoms with E-state index in [0.29, 0.717) is 5.92 Å². The van der Waals surface area contributed by atoms with Crippen LogP contribution in [0, 0.1) is 18.3 Å². The van der Waals surface area contributed by atoms with Crippen molar-refractivity contribution in [2.45, 2.75) is 68.0 Å². The van der Waals surface area contributed by atoms with E-state index < -0.39 is 5.67 Å². The largest absolute Gasteiger partial charge is 0.381 e. The van der Waals surface area contributed by atoms with Crippen LogP contribution in [-0.2, 0) is 0 Å². The zero-order chi connectivity index (χ0) is 31.6. The van der Waals surface area contributed by atoms with Gasteiger partial charge in [-0.2, -0.15) is 0 Å². The quantitative estimate of drug-likeness (QED) is 0.322. The van der Waals surface area contributed by atoms with Crippen molar-refractivity contribution >= 4 is 11.4 Å². The smallest absolute Gasteiger partial charge is 0.102 e. The summed E-state index contributed by atoms with van der Waals surface area (Å²) in [5.41, 5.74) is 10.9. The molecule has 2 aliphatic heterocycles.